The van der Waals surface area contributed by atoms with Crippen LogP contribution in [0.15, 0.2) is 41.6 Å². The maximum Gasteiger partial charge on any atom is 0.302 e. The molecule has 0 fully saturated rings. The average Bonchev–Trinajstić information content (AvgIpc) is 3.27. The van der Waals surface area contributed by atoms with Gasteiger partial charge in [0.1, 0.15) is 13.3 Å². The molecule has 4 aromatic rings. The van der Waals surface area contributed by atoms with Gasteiger partial charge in [-0.15, -0.1) is 0 Å². The summed E-state index contributed by atoms with van der Waals surface area (Å²) in [6, 6.07) is 7.30. The van der Waals surface area contributed by atoms with Crippen molar-refractivity contribution in [2.24, 2.45) is 0 Å². The van der Waals surface area contributed by atoms with Crippen LogP contribution < -0.4 is 11.3 Å². The number of nitrogen functional groups attached to an aromatic ring is 1. The zero-order valence-electron chi connectivity index (χ0n) is 15.1. The zero-order chi connectivity index (χ0) is 19.7. The molecule has 0 spiro atoms. The van der Waals surface area contributed by atoms with Crippen molar-refractivity contribution < 1.29 is 14.3 Å². The number of nitrogens with two attached hydrogens (primary N) is 1. The number of rotatable bonds is 6. The summed E-state index contributed by atoms with van der Waals surface area (Å²) < 4.78 is 13.3. The highest BCUT2D eigenvalue weighted by molar-refractivity contribution is 5.73. The van der Waals surface area contributed by atoms with Crippen LogP contribution in [-0.4, -0.2) is 43.1 Å². The minimum atomic E-state index is -0.364. The van der Waals surface area contributed by atoms with E-state index >= 15 is 0 Å². The number of nitrogens with zero attached hydrogens (tertiary/aromatic N) is 4. The number of nitrogens with one attached hydrogen (secondary N) is 1. The molecule has 0 aliphatic carbocycles. The van der Waals surface area contributed by atoms with Gasteiger partial charge >= 0.3 is 5.97 Å². The Morgan fingerprint density at radius 3 is 2.79 bits per heavy atom. The normalized spacial score (nSPS) is 11.3. The molecule has 0 unspecified atom stereocenters. The van der Waals surface area contributed by atoms with E-state index in [1.54, 1.807) is 22.9 Å². The number of fused-ring (bicyclic) bond motifs is 2. The van der Waals surface area contributed by atoms with Crippen molar-refractivity contribution in [3.05, 3.63) is 47.1 Å². The minimum absolute atomic E-state index is 0.131. The number of hydrogen-bond acceptors (Lipinski definition) is 7. The number of carbonyl (C=O) groups is 1. The average molecular weight is 382 g/mol. The third-order valence-electron chi connectivity index (χ3n) is 4.16. The monoisotopic (exact) mass is 382 g/mol. The Bertz CT molecular complexity index is 1200. The lowest BCUT2D eigenvalue weighted by atomic mass is 10.1. The Labute approximate surface area is 158 Å². The van der Waals surface area contributed by atoms with Gasteiger partial charge in [-0.1, -0.05) is 12.1 Å². The number of aromatic amines is 1. The van der Waals surface area contributed by atoms with Crippen molar-refractivity contribution in [3.63, 3.8) is 0 Å². The number of benzene rings is 1. The summed E-state index contributed by atoms with van der Waals surface area (Å²) in [6.07, 6.45) is 3.18. The summed E-state index contributed by atoms with van der Waals surface area (Å²) in [5, 5.41) is 0. The SMILES string of the molecule is CC(=O)OCCOCn1cnc2c(=O)n3cc(-c4ccc(N)cc4)[nH]c3nc21. The molecular formula is C18H18N6O4. The van der Waals surface area contributed by atoms with Crippen LogP contribution in [0.25, 0.3) is 28.2 Å². The fourth-order valence-electron chi connectivity index (χ4n) is 2.81. The third kappa shape index (κ3) is 3.32. The second kappa shape index (κ2) is 7.16. The lowest BCUT2D eigenvalue weighted by Crippen LogP contribution is -2.15. The lowest BCUT2D eigenvalue weighted by Gasteiger charge is -2.05. The quantitative estimate of drug-likeness (QED) is 0.291. The van der Waals surface area contributed by atoms with E-state index in [1.807, 2.05) is 12.1 Å². The molecule has 0 bridgehead atoms. The van der Waals surface area contributed by atoms with Crippen molar-refractivity contribution in [2.75, 3.05) is 18.9 Å². The van der Waals surface area contributed by atoms with Crippen LogP contribution in [0.2, 0.25) is 0 Å². The Balaban J connectivity index is 1.63. The highest BCUT2D eigenvalue weighted by atomic mass is 16.6. The van der Waals surface area contributed by atoms with Gasteiger partial charge in [0.2, 0.25) is 5.78 Å². The predicted octanol–water partition coefficient (Wildman–Crippen LogP) is 1.16. The maximum absolute atomic E-state index is 12.8. The first kappa shape index (κ1) is 17.7. The number of aromatic nitrogens is 5. The van der Waals surface area contributed by atoms with Crippen LogP contribution in [0, 0.1) is 0 Å². The standard InChI is InChI=1S/C18H18N6O4/c1-11(25)28-7-6-27-10-23-9-20-15-16(23)22-18-21-14(8-24(18)17(15)26)12-2-4-13(19)5-3-12/h2-5,8-9H,6-7,10,19H2,1H3,(H,21,22). The van der Waals surface area contributed by atoms with Crippen LogP contribution in [0.4, 0.5) is 5.69 Å². The second-order valence-electron chi connectivity index (χ2n) is 6.16. The van der Waals surface area contributed by atoms with E-state index in [0.717, 1.165) is 11.3 Å². The van der Waals surface area contributed by atoms with E-state index in [9.17, 15) is 9.59 Å². The first-order valence-corrected chi connectivity index (χ1v) is 8.56. The molecule has 0 saturated carbocycles. The van der Waals surface area contributed by atoms with Crippen molar-refractivity contribution in [2.45, 2.75) is 13.7 Å². The van der Waals surface area contributed by atoms with Gasteiger partial charge in [-0.3, -0.25) is 14.2 Å². The van der Waals surface area contributed by atoms with Gasteiger partial charge < -0.3 is 20.2 Å². The van der Waals surface area contributed by atoms with Gasteiger partial charge in [0, 0.05) is 18.8 Å². The van der Waals surface area contributed by atoms with Crippen LogP contribution in [0.5, 0.6) is 0 Å². The molecule has 0 aliphatic rings. The Morgan fingerprint density at radius 2 is 2.04 bits per heavy atom. The van der Waals surface area contributed by atoms with E-state index in [4.69, 9.17) is 15.2 Å². The van der Waals surface area contributed by atoms with Gasteiger partial charge in [-0.2, -0.15) is 4.98 Å². The van der Waals surface area contributed by atoms with Crippen LogP contribution in [0.3, 0.4) is 0 Å². The molecule has 0 radical (unpaired) electrons. The van der Waals surface area contributed by atoms with Crippen molar-refractivity contribution in [1.82, 2.24) is 23.9 Å². The molecule has 4 rings (SSSR count). The lowest BCUT2D eigenvalue weighted by molar-refractivity contribution is -0.142. The van der Waals surface area contributed by atoms with Crippen molar-refractivity contribution in [3.8, 4) is 11.3 Å². The molecular weight excluding hydrogens is 364 g/mol. The number of H-pyrrole nitrogens is 1. The van der Waals surface area contributed by atoms with Gasteiger partial charge in [0.25, 0.3) is 5.56 Å². The van der Waals surface area contributed by atoms with Gasteiger partial charge in [0.05, 0.1) is 18.6 Å². The van der Waals surface area contributed by atoms with E-state index in [0.29, 0.717) is 17.1 Å². The number of carbonyl (C=O) groups excluding carboxylic acids is 1. The number of anilines is 1. The third-order valence-corrected chi connectivity index (χ3v) is 4.16. The first-order chi connectivity index (χ1) is 13.5. The summed E-state index contributed by atoms with van der Waals surface area (Å²) in [5.41, 5.74) is 8.37. The zero-order valence-corrected chi connectivity index (χ0v) is 15.1. The predicted molar refractivity (Wildman–Crippen MR) is 102 cm³/mol. The fraction of sp³-hybridized carbons (Fsp3) is 0.222. The number of esters is 1. The highest BCUT2D eigenvalue weighted by Crippen LogP contribution is 2.20. The Kier molecular flexibility index (Phi) is 4.53. The number of ether oxygens (including phenoxy) is 2. The minimum Gasteiger partial charge on any atom is -0.463 e. The number of hydrogen-bond donors (Lipinski definition) is 2. The Hall–Kier alpha value is -3.66. The molecule has 0 amide bonds. The van der Waals surface area contributed by atoms with Gasteiger partial charge in [-0.05, 0) is 17.7 Å². The summed E-state index contributed by atoms with van der Waals surface area (Å²) in [5.74, 6) is 0.0309. The van der Waals surface area contributed by atoms with Crippen LogP contribution in [0.1, 0.15) is 6.92 Å². The summed E-state index contributed by atoms with van der Waals surface area (Å²) in [7, 11) is 0. The molecule has 1 aromatic carbocycles. The largest absolute Gasteiger partial charge is 0.463 e. The second-order valence-corrected chi connectivity index (χ2v) is 6.16. The van der Waals surface area contributed by atoms with E-state index in [2.05, 4.69) is 15.0 Å². The van der Waals surface area contributed by atoms with E-state index in [-0.39, 0.29) is 37.0 Å². The molecule has 144 valence electrons. The summed E-state index contributed by atoms with van der Waals surface area (Å²) in [4.78, 5) is 35.3. The molecule has 10 nitrogen and oxygen atoms in total. The number of imidazole rings is 2. The fourth-order valence-corrected chi connectivity index (χ4v) is 2.81. The van der Waals surface area contributed by atoms with Gasteiger partial charge in [-0.25, -0.2) is 9.38 Å². The highest BCUT2D eigenvalue weighted by Gasteiger charge is 2.14. The molecule has 10 heteroatoms. The molecule has 3 N–H and O–H groups in total. The van der Waals surface area contributed by atoms with E-state index < -0.39 is 0 Å². The first-order valence-electron chi connectivity index (χ1n) is 8.56. The molecule has 0 saturated heterocycles. The van der Waals surface area contributed by atoms with Gasteiger partial charge in [0.15, 0.2) is 11.2 Å². The summed E-state index contributed by atoms with van der Waals surface area (Å²) in [6.45, 7) is 1.85. The van der Waals surface area contributed by atoms with Crippen molar-refractivity contribution in [1.29, 1.82) is 0 Å². The van der Waals surface area contributed by atoms with Crippen LogP contribution in [-0.2, 0) is 21.0 Å². The molecule has 0 atom stereocenters. The van der Waals surface area contributed by atoms with E-state index in [1.165, 1.54) is 17.7 Å². The smallest absolute Gasteiger partial charge is 0.302 e. The molecule has 3 heterocycles. The summed E-state index contributed by atoms with van der Waals surface area (Å²) >= 11 is 0. The Morgan fingerprint density at radius 1 is 1.25 bits per heavy atom. The maximum atomic E-state index is 12.8. The topological polar surface area (TPSA) is 130 Å². The molecule has 28 heavy (non-hydrogen) atoms. The van der Waals surface area contributed by atoms with Crippen molar-refractivity contribution >= 4 is 28.6 Å². The molecule has 0 aliphatic heterocycles. The van der Waals surface area contributed by atoms with Crippen LogP contribution >= 0.6 is 0 Å². The molecule has 3 aromatic heterocycles.